The SMILES string of the molecule is Cc1ccc(S(=O)(=O)Nc2cc(C)ccc2N2CCCN(Cc3c(F)cccc3F)C2=O)cc1. The summed E-state index contributed by atoms with van der Waals surface area (Å²) in [5, 5.41) is 0. The number of amides is 2. The van der Waals surface area contributed by atoms with Gasteiger partial charge in [0, 0.05) is 18.7 Å². The molecule has 1 fully saturated rings. The molecule has 1 aliphatic rings. The third-order valence-electron chi connectivity index (χ3n) is 5.74. The van der Waals surface area contributed by atoms with E-state index in [1.54, 1.807) is 30.3 Å². The average molecular weight is 486 g/mol. The number of nitrogens with zero attached hydrogens (tertiary/aromatic N) is 2. The molecule has 0 aliphatic carbocycles. The third-order valence-corrected chi connectivity index (χ3v) is 7.12. The van der Waals surface area contributed by atoms with Crippen LogP contribution in [0.5, 0.6) is 0 Å². The molecule has 178 valence electrons. The van der Waals surface area contributed by atoms with Gasteiger partial charge in [0.15, 0.2) is 0 Å². The third kappa shape index (κ3) is 4.89. The number of halogens is 2. The fraction of sp³-hybridized carbons (Fsp3) is 0.240. The molecule has 0 atom stereocenters. The van der Waals surface area contributed by atoms with E-state index in [1.807, 2.05) is 13.8 Å². The minimum atomic E-state index is -3.90. The Bertz CT molecular complexity index is 1310. The Balaban J connectivity index is 1.64. The van der Waals surface area contributed by atoms with Gasteiger partial charge >= 0.3 is 6.03 Å². The van der Waals surface area contributed by atoms with Gasteiger partial charge in [0.2, 0.25) is 0 Å². The molecular weight excluding hydrogens is 460 g/mol. The smallest absolute Gasteiger partial charge is 0.320 e. The van der Waals surface area contributed by atoms with Crippen LogP contribution in [-0.2, 0) is 16.6 Å². The lowest BCUT2D eigenvalue weighted by Crippen LogP contribution is -2.49. The van der Waals surface area contributed by atoms with E-state index in [0.717, 1.165) is 23.3 Å². The number of urea groups is 1. The van der Waals surface area contributed by atoms with Gasteiger partial charge in [0.1, 0.15) is 11.6 Å². The van der Waals surface area contributed by atoms with Crippen LogP contribution in [-0.4, -0.2) is 32.4 Å². The molecule has 9 heteroatoms. The van der Waals surface area contributed by atoms with Crippen molar-refractivity contribution in [3.63, 3.8) is 0 Å². The quantitative estimate of drug-likeness (QED) is 0.521. The first-order valence-corrected chi connectivity index (χ1v) is 12.3. The van der Waals surface area contributed by atoms with Crippen molar-refractivity contribution in [3.05, 3.63) is 89.0 Å². The molecule has 4 rings (SSSR count). The number of carbonyl (C=O) groups is 1. The number of aryl methyl sites for hydroxylation is 2. The second-order valence-corrected chi connectivity index (χ2v) is 10.0. The van der Waals surface area contributed by atoms with E-state index in [2.05, 4.69) is 4.72 Å². The minimum absolute atomic E-state index is 0.104. The van der Waals surface area contributed by atoms with Crippen LogP contribution in [0.4, 0.5) is 25.0 Å². The van der Waals surface area contributed by atoms with Gasteiger partial charge in [-0.3, -0.25) is 9.62 Å². The van der Waals surface area contributed by atoms with Crippen molar-refractivity contribution in [3.8, 4) is 0 Å². The van der Waals surface area contributed by atoms with E-state index in [4.69, 9.17) is 0 Å². The summed E-state index contributed by atoms with van der Waals surface area (Å²) in [6, 6.07) is 14.7. The van der Waals surface area contributed by atoms with Gasteiger partial charge in [0.25, 0.3) is 10.0 Å². The summed E-state index contributed by atoms with van der Waals surface area (Å²) in [5.74, 6) is -1.43. The molecule has 2 amide bonds. The molecule has 1 heterocycles. The van der Waals surface area contributed by atoms with Crippen LogP contribution in [0.25, 0.3) is 0 Å². The molecule has 34 heavy (non-hydrogen) atoms. The molecule has 0 bridgehead atoms. The highest BCUT2D eigenvalue weighted by Gasteiger charge is 2.30. The van der Waals surface area contributed by atoms with Crippen LogP contribution >= 0.6 is 0 Å². The van der Waals surface area contributed by atoms with Gasteiger partial charge in [-0.15, -0.1) is 0 Å². The molecule has 0 unspecified atom stereocenters. The van der Waals surface area contributed by atoms with Gasteiger partial charge < -0.3 is 4.90 Å². The number of benzene rings is 3. The summed E-state index contributed by atoms with van der Waals surface area (Å²) in [5.41, 5.74) is 2.19. The van der Waals surface area contributed by atoms with E-state index in [1.165, 1.54) is 28.0 Å². The highest BCUT2D eigenvalue weighted by atomic mass is 32.2. The predicted molar refractivity (Wildman–Crippen MR) is 127 cm³/mol. The van der Waals surface area contributed by atoms with Gasteiger partial charge in [-0.25, -0.2) is 22.0 Å². The summed E-state index contributed by atoms with van der Waals surface area (Å²) < 4.78 is 57.0. The van der Waals surface area contributed by atoms with Gasteiger partial charge in [-0.05, 0) is 62.2 Å². The summed E-state index contributed by atoms with van der Waals surface area (Å²) >= 11 is 0. The van der Waals surface area contributed by atoms with E-state index >= 15 is 0 Å². The maximum atomic E-state index is 14.2. The summed E-state index contributed by atoms with van der Waals surface area (Å²) in [4.78, 5) is 16.2. The number of rotatable bonds is 6. The first-order chi connectivity index (χ1) is 16.2. The fourth-order valence-electron chi connectivity index (χ4n) is 3.91. The minimum Gasteiger partial charge on any atom is -0.320 e. The average Bonchev–Trinajstić information content (AvgIpc) is 2.78. The van der Waals surface area contributed by atoms with Crippen molar-refractivity contribution in [1.29, 1.82) is 0 Å². The molecule has 0 aromatic heterocycles. The standard InChI is InChI=1S/C25H25F2N3O3S/c1-17-7-10-19(11-8-17)34(32,33)28-23-15-18(2)9-12-24(23)30-14-4-13-29(25(30)31)16-20-21(26)5-3-6-22(20)27/h3,5-12,15,28H,4,13-14,16H2,1-2H3. The first-order valence-electron chi connectivity index (χ1n) is 10.9. The largest absolute Gasteiger partial charge is 0.324 e. The number of carbonyl (C=O) groups excluding carboxylic acids is 1. The van der Waals surface area contributed by atoms with Crippen LogP contribution in [0, 0.1) is 25.5 Å². The van der Waals surface area contributed by atoms with Gasteiger partial charge in [-0.2, -0.15) is 0 Å². The molecule has 1 saturated heterocycles. The number of anilines is 2. The molecule has 0 spiro atoms. The lowest BCUT2D eigenvalue weighted by atomic mass is 10.1. The zero-order valence-corrected chi connectivity index (χ0v) is 19.7. The van der Waals surface area contributed by atoms with E-state index in [9.17, 15) is 22.0 Å². The lowest BCUT2D eigenvalue weighted by molar-refractivity contribution is 0.191. The van der Waals surface area contributed by atoms with Crippen molar-refractivity contribution in [2.75, 3.05) is 22.7 Å². The van der Waals surface area contributed by atoms with Crippen molar-refractivity contribution in [1.82, 2.24) is 4.90 Å². The van der Waals surface area contributed by atoms with Gasteiger partial charge in [0.05, 0.1) is 22.8 Å². The zero-order chi connectivity index (χ0) is 24.5. The normalized spacial score (nSPS) is 14.4. The lowest BCUT2D eigenvalue weighted by Gasteiger charge is -2.36. The Morgan fingerprint density at radius 1 is 0.912 bits per heavy atom. The monoisotopic (exact) mass is 485 g/mol. The molecule has 1 N–H and O–H groups in total. The summed E-state index contributed by atoms with van der Waals surface area (Å²) in [7, 11) is -3.90. The van der Waals surface area contributed by atoms with Crippen LogP contribution < -0.4 is 9.62 Å². The Hall–Kier alpha value is -3.46. The molecule has 0 saturated carbocycles. The zero-order valence-electron chi connectivity index (χ0n) is 18.9. The maximum Gasteiger partial charge on any atom is 0.324 e. The topological polar surface area (TPSA) is 69.7 Å². The molecule has 3 aromatic carbocycles. The van der Waals surface area contributed by atoms with Crippen molar-refractivity contribution < 1.29 is 22.0 Å². The molecule has 6 nitrogen and oxygen atoms in total. The maximum absolute atomic E-state index is 14.2. The second-order valence-electron chi connectivity index (χ2n) is 8.35. The Labute approximate surface area is 197 Å². The van der Waals surface area contributed by atoms with Crippen molar-refractivity contribution in [2.45, 2.75) is 31.7 Å². The summed E-state index contributed by atoms with van der Waals surface area (Å²) in [6.07, 6.45) is 0.555. The highest BCUT2D eigenvalue weighted by Crippen LogP contribution is 2.32. The van der Waals surface area contributed by atoms with Crippen LogP contribution in [0.15, 0.2) is 65.6 Å². The molecular formula is C25H25F2N3O3S. The first kappa shape index (κ1) is 23.7. The molecule has 0 radical (unpaired) electrons. The number of hydrogen-bond acceptors (Lipinski definition) is 3. The van der Waals surface area contributed by atoms with Crippen LogP contribution in [0.1, 0.15) is 23.1 Å². The number of hydrogen-bond donors (Lipinski definition) is 1. The predicted octanol–water partition coefficient (Wildman–Crippen LogP) is 5.21. The Kier molecular flexibility index (Phi) is 6.56. The van der Waals surface area contributed by atoms with E-state index in [-0.39, 0.29) is 22.7 Å². The Morgan fingerprint density at radius 2 is 1.56 bits per heavy atom. The van der Waals surface area contributed by atoms with Crippen molar-refractivity contribution >= 4 is 27.4 Å². The molecule has 1 aliphatic heterocycles. The summed E-state index contributed by atoms with van der Waals surface area (Å²) in [6.45, 7) is 4.14. The Morgan fingerprint density at radius 3 is 2.24 bits per heavy atom. The van der Waals surface area contributed by atoms with Crippen molar-refractivity contribution in [2.24, 2.45) is 0 Å². The number of nitrogens with one attached hydrogen (secondary N) is 1. The van der Waals surface area contributed by atoms with Gasteiger partial charge in [-0.1, -0.05) is 29.8 Å². The highest BCUT2D eigenvalue weighted by molar-refractivity contribution is 7.92. The van der Waals surface area contributed by atoms with E-state index < -0.39 is 27.7 Å². The molecule has 3 aromatic rings. The van der Waals surface area contributed by atoms with Crippen LogP contribution in [0.2, 0.25) is 0 Å². The fourth-order valence-corrected chi connectivity index (χ4v) is 4.98. The van der Waals surface area contributed by atoms with Crippen LogP contribution in [0.3, 0.4) is 0 Å². The second kappa shape index (κ2) is 9.42. The number of sulfonamides is 1. The van der Waals surface area contributed by atoms with E-state index in [0.29, 0.717) is 25.2 Å².